The molecule has 1 heterocycles. The fourth-order valence-corrected chi connectivity index (χ4v) is 4.81. The largest absolute Gasteiger partial charge is 0.451 e. The number of hydrogen-bond acceptors (Lipinski definition) is 5. The molecule has 0 saturated heterocycles. The van der Waals surface area contributed by atoms with Gasteiger partial charge in [-0.2, -0.15) is 0 Å². The number of rotatable bonds is 5. The van der Waals surface area contributed by atoms with Crippen molar-refractivity contribution in [1.82, 2.24) is 10.6 Å². The van der Waals surface area contributed by atoms with E-state index in [0.29, 0.717) is 10.8 Å². The first-order valence-corrected chi connectivity index (χ1v) is 10.3. The van der Waals surface area contributed by atoms with Crippen LogP contribution in [0, 0.1) is 5.92 Å². The monoisotopic (exact) mass is 378 g/mol. The van der Waals surface area contributed by atoms with Gasteiger partial charge in [0, 0.05) is 10.9 Å². The van der Waals surface area contributed by atoms with Gasteiger partial charge in [0.05, 0.1) is 0 Å². The van der Waals surface area contributed by atoms with Gasteiger partial charge in [-0.3, -0.25) is 10.1 Å². The van der Waals surface area contributed by atoms with Crippen molar-refractivity contribution in [2.24, 2.45) is 5.92 Å². The smallest absolute Gasteiger partial charge is 0.348 e. The van der Waals surface area contributed by atoms with Crippen LogP contribution in [0.4, 0.5) is 4.79 Å². The number of fused-ring (bicyclic) bond motifs is 1. The maximum absolute atomic E-state index is 12.2. The van der Waals surface area contributed by atoms with E-state index in [0.717, 1.165) is 51.4 Å². The Balaban J connectivity index is 1.44. The second-order valence-electron chi connectivity index (χ2n) is 7.16. The van der Waals surface area contributed by atoms with Gasteiger partial charge in [0.15, 0.2) is 6.61 Å². The SMILES string of the molecule is CC[C@@H]1CCc2sc(C(=O)OCC(=O)NC(=O)NC3CCCC3)cc2C1. The fraction of sp³-hybridized carbons (Fsp3) is 0.632. The minimum Gasteiger partial charge on any atom is -0.451 e. The molecule has 1 aromatic heterocycles. The van der Waals surface area contributed by atoms with Gasteiger partial charge >= 0.3 is 12.0 Å². The molecule has 1 fully saturated rings. The highest BCUT2D eigenvalue weighted by Crippen LogP contribution is 2.33. The minimum absolute atomic E-state index is 0.134. The molecule has 0 unspecified atom stereocenters. The molecule has 3 rings (SSSR count). The average molecular weight is 378 g/mol. The van der Waals surface area contributed by atoms with Gasteiger partial charge in [-0.05, 0) is 49.7 Å². The van der Waals surface area contributed by atoms with E-state index in [-0.39, 0.29) is 6.04 Å². The van der Waals surface area contributed by atoms with Crippen molar-refractivity contribution in [3.8, 4) is 0 Å². The van der Waals surface area contributed by atoms with Gasteiger partial charge in [0.1, 0.15) is 4.88 Å². The Hall–Kier alpha value is -1.89. The number of carbonyl (C=O) groups is 3. The molecule has 0 aromatic carbocycles. The molecule has 1 aromatic rings. The van der Waals surface area contributed by atoms with Crippen molar-refractivity contribution in [1.29, 1.82) is 0 Å². The van der Waals surface area contributed by atoms with Crippen LogP contribution in [0.5, 0.6) is 0 Å². The third kappa shape index (κ3) is 4.84. The van der Waals surface area contributed by atoms with Gasteiger partial charge in [0.25, 0.3) is 5.91 Å². The zero-order valence-electron chi connectivity index (χ0n) is 15.1. The van der Waals surface area contributed by atoms with Gasteiger partial charge < -0.3 is 10.1 Å². The maximum atomic E-state index is 12.2. The molecular formula is C19H26N2O4S. The lowest BCUT2D eigenvalue weighted by Gasteiger charge is -2.19. The number of nitrogens with one attached hydrogen (secondary N) is 2. The number of carbonyl (C=O) groups excluding carboxylic acids is 3. The molecule has 2 aliphatic carbocycles. The van der Waals surface area contributed by atoms with E-state index in [1.165, 1.54) is 21.8 Å². The lowest BCUT2D eigenvalue weighted by Crippen LogP contribution is -2.44. The molecule has 1 atom stereocenters. The maximum Gasteiger partial charge on any atom is 0.348 e. The molecule has 0 spiro atoms. The fourth-order valence-electron chi connectivity index (χ4n) is 3.70. The van der Waals surface area contributed by atoms with E-state index in [4.69, 9.17) is 4.74 Å². The van der Waals surface area contributed by atoms with Crippen molar-refractivity contribution in [3.63, 3.8) is 0 Å². The first-order valence-electron chi connectivity index (χ1n) is 9.44. The van der Waals surface area contributed by atoms with E-state index in [9.17, 15) is 14.4 Å². The Morgan fingerprint density at radius 2 is 2.00 bits per heavy atom. The molecule has 0 radical (unpaired) electrons. The molecule has 26 heavy (non-hydrogen) atoms. The van der Waals surface area contributed by atoms with E-state index in [2.05, 4.69) is 17.6 Å². The second kappa shape index (κ2) is 8.66. The van der Waals surface area contributed by atoms with Gasteiger partial charge in [-0.1, -0.05) is 26.2 Å². The summed E-state index contributed by atoms with van der Waals surface area (Å²) in [6.07, 6.45) is 8.41. The van der Waals surface area contributed by atoms with Crippen molar-refractivity contribution in [3.05, 3.63) is 21.4 Å². The molecule has 0 bridgehead atoms. The molecule has 3 amide bonds. The highest BCUT2D eigenvalue weighted by Gasteiger charge is 2.23. The Bertz CT molecular complexity index is 679. The van der Waals surface area contributed by atoms with Gasteiger partial charge in [0.2, 0.25) is 0 Å². The standard InChI is InChI=1S/C19H26N2O4S/c1-2-12-7-8-15-13(9-12)10-16(26-15)18(23)25-11-17(22)21-19(24)20-14-5-3-4-6-14/h10,12,14H,2-9,11H2,1H3,(H2,20,21,22,24)/t12-/m1/s1. The van der Waals surface area contributed by atoms with Gasteiger partial charge in [-0.25, -0.2) is 9.59 Å². The van der Waals surface area contributed by atoms with Crippen molar-refractivity contribution < 1.29 is 19.1 Å². The van der Waals surface area contributed by atoms with Crippen molar-refractivity contribution >= 4 is 29.2 Å². The zero-order chi connectivity index (χ0) is 18.5. The molecule has 6 nitrogen and oxygen atoms in total. The summed E-state index contributed by atoms with van der Waals surface area (Å²) in [7, 11) is 0. The molecule has 1 saturated carbocycles. The molecule has 0 aliphatic heterocycles. The molecule has 2 aliphatic rings. The number of hydrogen-bond donors (Lipinski definition) is 2. The number of aryl methyl sites for hydroxylation is 1. The second-order valence-corrected chi connectivity index (χ2v) is 8.29. The van der Waals surface area contributed by atoms with Crippen LogP contribution in [-0.4, -0.2) is 30.6 Å². The summed E-state index contributed by atoms with van der Waals surface area (Å²) in [5, 5.41) is 4.98. The summed E-state index contributed by atoms with van der Waals surface area (Å²) in [6, 6.07) is 1.51. The van der Waals surface area contributed by atoms with Crippen LogP contribution < -0.4 is 10.6 Å². The van der Waals surface area contributed by atoms with Crippen LogP contribution in [0.3, 0.4) is 0 Å². The Morgan fingerprint density at radius 1 is 1.23 bits per heavy atom. The predicted octanol–water partition coefficient (Wildman–Crippen LogP) is 3.19. The predicted molar refractivity (Wildman–Crippen MR) is 99.3 cm³/mol. The number of esters is 1. The third-order valence-corrected chi connectivity index (χ3v) is 6.46. The number of imide groups is 1. The van der Waals surface area contributed by atoms with Crippen LogP contribution >= 0.6 is 11.3 Å². The first kappa shape index (κ1) is 18.9. The van der Waals surface area contributed by atoms with Crippen LogP contribution in [-0.2, 0) is 22.4 Å². The van der Waals surface area contributed by atoms with Crippen molar-refractivity contribution in [2.75, 3.05) is 6.61 Å². The summed E-state index contributed by atoms with van der Waals surface area (Å²) in [5.41, 5.74) is 1.24. The van der Waals surface area contributed by atoms with E-state index >= 15 is 0 Å². The molecular weight excluding hydrogens is 352 g/mol. The Kier molecular flexibility index (Phi) is 6.29. The van der Waals surface area contributed by atoms with E-state index in [1.54, 1.807) is 0 Å². The van der Waals surface area contributed by atoms with Gasteiger partial charge in [-0.15, -0.1) is 11.3 Å². The summed E-state index contributed by atoms with van der Waals surface area (Å²) in [5.74, 6) is -0.421. The van der Waals surface area contributed by atoms with E-state index < -0.39 is 24.5 Å². The topological polar surface area (TPSA) is 84.5 Å². The Morgan fingerprint density at radius 3 is 2.73 bits per heavy atom. The Labute approximate surface area is 157 Å². The quantitative estimate of drug-likeness (QED) is 0.771. The summed E-state index contributed by atoms with van der Waals surface area (Å²) >= 11 is 1.46. The zero-order valence-corrected chi connectivity index (χ0v) is 16.0. The molecule has 7 heteroatoms. The summed E-state index contributed by atoms with van der Waals surface area (Å²) in [6.45, 7) is 1.75. The van der Waals surface area contributed by atoms with Crippen LogP contribution in [0.1, 0.15) is 65.6 Å². The van der Waals surface area contributed by atoms with Crippen LogP contribution in [0.15, 0.2) is 6.07 Å². The third-order valence-electron chi connectivity index (χ3n) is 5.24. The van der Waals surface area contributed by atoms with Crippen LogP contribution in [0.2, 0.25) is 0 Å². The molecule has 2 N–H and O–H groups in total. The highest BCUT2D eigenvalue weighted by molar-refractivity contribution is 7.14. The highest BCUT2D eigenvalue weighted by atomic mass is 32.1. The number of amides is 3. The average Bonchev–Trinajstić information content (AvgIpc) is 3.27. The first-order chi connectivity index (χ1) is 12.5. The van der Waals surface area contributed by atoms with Crippen molar-refractivity contribution in [2.45, 2.75) is 64.3 Å². The van der Waals surface area contributed by atoms with Crippen LogP contribution in [0.25, 0.3) is 0 Å². The lowest BCUT2D eigenvalue weighted by molar-refractivity contribution is -0.123. The normalized spacial score (nSPS) is 19.7. The number of ether oxygens (including phenoxy) is 1. The summed E-state index contributed by atoms with van der Waals surface area (Å²) in [4.78, 5) is 37.5. The number of urea groups is 1. The lowest BCUT2D eigenvalue weighted by atomic mass is 9.87. The number of thiophene rings is 1. The minimum atomic E-state index is -0.610. The molecule has 142 valence electrons. The summed E-state index contributed by atoms with van der Waals surface area (Å²) < 4.78 is 5.07. The van der Waals surface area contributed by atoms with E-state index in [1.807, 2.05) is 6.07 Å².